The molecule has 0 heterocycles. The van der Waals surface area contributed by atoms with Crippen molar-refractivity contribution in [1.29, 1.82) is 0 Å². The molecular weight excluding hydrogens is 308 g/mol. The highest BCUT2D eigenvalue weighted by molar-refractivity contribution is 6.03. The van der Waals surface area contributed by atoms with Gasteiger partial charge in [0.1, 0.15) is 0 Å². The van der Waals surface area contributed by atoms with Crippen LogP contribution in [0.2, 0.25) is 0 Å². The summed E-state index contributed by atoms with van der Waals surface area (Å²) >= 11 is 0. The molecule has 24 heavy (non-hydrogen) atoms. The summed E-state index contributed by atoms with van der Waals surface area (Å²) in [6, 6.07) is 6.62. The van der Waals surface area contributed by atoms with E-state index in [0.29, 0.717) is 13.2 Å². The molecule has 134 valence electrons. The molecule has 0 aromatic heterocycles. The number of carbonyl (C=O) groups is 2. The maximum absolute atomic E-state index is 12.2. The Kier molecular flexibility index (Phi) is 9.04. The summed E-state index contributed by atoms with van der Waals surface area (Å²) in [4.78, 5) is 27.0. The molecule has 0 bridgehead atoms. The highest BCUT2D eigenvalue weighted by Crippen LogP contribution is 2.12. The van der Waals surface area contributed by atoms with Crippen LogP contribution in [0.1, 0.15) is 33.6 Å². The Morgan fingerprint density at radius 3 is 1.50 bits per heavy atom. The van der Waals surface area contributed by atoms with Crippen molar-refractivity contribution in [3.63, 3.8) is 0 Å². The number of benzene rings is 1. The summed E-state index contributed by atoms with van der Waals surface area (Å²) in [5.41, 5.74) is 0.524. The fraction of sp³-hybridized carbons (Fsp3) is 0.556. The molecule has 0 amide bonds. The minimum absolute atomic E-state index is 0.262. The van der Waals surface area contributed by atoms with Crippen LogP contribution in [0.3, 0.4) is 0 Å². The number of hydrogen-bond acceptors (Lipinski definition) is 4. The zero-order chi connectivity index (χ0) is 17.9. The monoisotopic (exact) mass is 338 g/mol. The number of esters is 2. The summed E-state index contributed by atoms with van der Waals surface area (Å²) in [5, 5.41) is 0. The summed E-state index contributed by atoms with van der Waals surface area (Å²) in [6.07, 6.45) is 1.57. The largest absolute Gasteiger partial charge is 0.462 e. The first-order valence-electron chi connectivity index (χ1n) is 8.43. The van der Waals surface area contributed by atoms with Crippen LogP contribution in [0, 0.1) is 0 Å². The molecule has 1 aromatic rings. The molecule has 0 aliphatic heterocycles. The molecule has 0 radical (unpaired) electrons. The minimum Gasteiger partial charge on any atom is -0.462 e. The van der Waals surface area contributed by atoms with E-state index in [0.717, 1.165) is 25.9 Å². The van der Waals surface area contributed by atoms with E-state index in [1.807, 2.05) is 28.2 Å². The molecule has 0 atom stereocenters. The fourth-order valence-electron chi connectivity index (χ4n) is 2.18. The van der Waals surface area contributed by atoms with Gasteiger partial charge >= 0.3 is 11.9 Å². The van der Waals surface area contributed by atoms with Gasteiger partial charge in [0.15, 0.2) is 0 Å². The van der Waals surface area contributed by atoms with Crippen LogP contribution in [0.25, 0.3) is 0 Å². The maximum Gasteiger partial charge on any atom is 0.339 e. The molecule has 0 spiro atoms. The number of quaternary nitrogens is 2. The van der Waals surface area contributed by atoms with Crippen molar-refractivity contribution in [3.05, 3.63) is 35.4 Å². The van der Waals surface area contributed by atoms with Gasteiger partial charge in [-0.1, -0.05) is 12.1 Å². The maximum atomic E-state index is 12.2. The first kappa shape index (κ1) is 20.1. The Labute approximate surface area is 144 Å². The van der Waals surface area contributed by atoms with Gasteiger partial charge in [0.2, 0.25) is 0 Å². The molecule has 2 N–H and O–H groups in total. The number of rotatable bonds is 10. The van der Waals surface area contributed by atoms with Crippen molar-refractivity contribution in [1.82, 2.24) is 0 Å². The SMILES string of the molecule is C[NH+](C)CCCOC(=O)c1ccccc1C(=O)OCCC[NH+](C)C. The van der Waals surface area contributed by atoms with Gasteiger partial charge in [0.25, 0.3) is 0 Å². The Bertz CT molecular complexity index is 483. The van der Waals surface area contributed by atoms with E-state index in [-0.39, 0.29) is 11.1 Å². The normalized spacial score (nSPS) is 10.9. The molecular formula is C18H30N2O4+2. The number of nitrogens with one attached hydrogen (secondary N) is 2. The Morgan fingerprint density at radius 1 is 0.792 bits per heavy atom. The predicted octanol–water partition coefficient (Wildman–Crippen LogP) is -0.931. The van der Waals surface area contributed by atoms with Gasteiger partial charge in [-0.3, -0.25) is 0 Å². The van der Waals surface area contributed by atoms with E-state index < -0.39 is 11.9 Å². The minimum atomic E-state index is -0.478. The molecule has 0 saturated heterocycles. The average Bonchev–Trinajstić information content (AvgIpc) is 2.54. The lowest BCUT2D eigenvalue weighted by Gasteiger charge is -2.11. The third kappa shape index (κ3) is 7.57. The van der Waals surface area contributed by atoms with Gasteiger partial charge in [-0.25, -0.2) is 9.59 Å². The fourth-order valence-corrected chi connectivity index (χ4v) is 2.18. The van der Waals surface area contributed by atoms with E-state index in [4.69, 9.17) is 9.47 Å². The van der Waals surface area contributed by atoms with Crippen LogP contribution < -0.4 is 9.80 Å². The second kappa shape index (κ2) is 10.8. The van der Waals surface area contributed by atoms with Crippen LogP contribution in [0.4, 0.5) is 0 Å². The van der Waals surface area contributed by atoms with Crippen molar-refractivity contribution in [2.75, 3.05) is 54.5 Å². The second-order valence-corrected chi connectivity index (χ2v) is 6.44. The number of hydrogen-bond donors (Lipinski definition) is 2. The Hall–Kier alpha value is -1.92. The van der Waals surface area contributed by atoms with Crippen molar-refractivity contribution >= 4 is 11.9 Å². The highest BCUT2D eigenvalue weighted by atomic mass is 16.5. The molecule has 0 fully saturated rings. The van der Waals surface area contributed by atoms with Gasteiger partial charge in [-0.05, 0) is 12.1 Å². The summed E-state index contributed by atoms with van der Waals surface area (Å²) in [6.45, 7) is 2.54. The van der Waals surface area contributed by atoms with Crippen LogP contribution in [-0.4, -0.2) is 66.4 Å². The lowest BCUT2D eigenvalue weighted by molar-refractivity contribution is -0.858. The highest BCUT2D eigenvalue weighted by Gasteiger charge is 2.19. The van der Waals surface area contributed by atoms with Crippen LogP contribution in [0.15, 0.2) is 24.3 Å². The number of ether oxygens (including phenoxy) is 2. The van der Waals surface area contributed by atoms with Crippen molar-refractivity contribution in [2.24, 2.45) is 0 Å². The van der Waals surface area contributed by atoms with Gasteiger partial charge in [0.05, 0.1) is 65.6 Å². The molecule has 0 aliphatic carbocycles. The smallest absolute Gasteiger partial charge is 0.339 e. The van der Waals surface area contributed by atoms with E-state index in [2.05, 4.69) is 0 Å². The molecule has 6 nitrogen and oxygen atoms in total. The Morgan fingerprint density at radius 2 is 1.17 bits per heavy atom. The second-order valence-electron chi connectivity index (χ2n) is 6.44. The zero-order valence-corrected chi connectivity index (χ0v) is 15.2. The summed E-state index contributed by atoms with van der Waals surface area (Å²) < 4.78 is 10.5. The van der Waals surface area contributed by atoms with Crippen molar-refractivity contribution < 1.29 is 28.9 Å². The van der Waals surface area contributed by atoms with Crippen molar-refractivity contribution in [2.45, 2.75) is 12.8 Å². The Balaban J connectivity index is 2.56. The van der Waals surface area contributed by atoms with Crippen molar-refractivity contribution in [3.8, 4) is 0 Å². The zero-order valence-electron chi connectivity index (χ0n) is 15.2. The molecule has 1 rings (SSSR count). The quantitative estimate of drug-likeness (QED) is 0.427. The predicted molar refractivity (Wildman–Crippen MR) is 91.6 cm³/mol. The van der Waals surface area contributed by atoms with Gasteiger partial charge in [0, 0.05) is 12.8 Å². The third-order valence-corrected chi connectivity index (χ3v) is 3.48. The topological polar surface area (TPSA) is 61.5 Å². The summed E-state index contributed by atoms with van der Waals surface area (Å²) in [5.74, 6) is -0.955. The van der Waals surface area contributed by atoms with Crippen LogP contribution in [-0.2, 0) is 9.47 Å². The lowest BCUT2D eigenvalue weighted by atomic mass is 10.1. The average molecular weight is 338 g/mol. The molecule has 0 aliphatic rings. The van der Waals surface area contributed by atoms with E-state index in [9.17, 15) is 9.59 Å². The molecule has 0 unspecified atom stereocenters. The van der Waals surface area contributed by atoms with Crippen LogP contribution in [0.5, 0.6) is 0 Å². The van der Waals surface area contributed by atoms with E-state index >= 15 is 0 Å². The van der Waals surface area contributed by atoms with E-state index in [1.165, 1.54) is 9.80 Å². The lowest BCUT2D eigenvalue weighted by Crippen LogP contribution is -3.05. The van der Waals surface area contributed by atoms with Gasteiger partial charge < -0.3 is 19.3 Å². The first-order valence-corrected chi connectivity index (χ1v) is 8.43. The standard InChI is InChI=1S/C18H28N2O4/c1-19(2)11-7-13-23-17(21)15-9-5-6-10-16(15)18(22)24-14-8-12-20(3)4/h5-6,9-10H,7-8,11-14H2,1-4H3/p+2. The third-order valence-electron chi connectivity index (χ3n) is 3.48. The summed E-state index contributed by atoms with van der Waals surface area (Å²) in [7, 11) is 8.19. The van der Waals surface area contributed by atoms with Crippen LogP contribution >= 0.6 is 0 Å². The van der Waals surface area contributed by atoms with E-state index in [1.54, 1.807) is 24.3 Å². The number of carbonyl (C=O) groups excluding carboxylic acids is 2. The molecule has 1 aromatic carbocycles. The van der Waals surface area contributed by atoms with Gasteiger partial charge in [-0.2, -0.15) is 0 Å². The van der Waals surface area contributed by atoms with Gasteiger partial charge in [-0.15, -0.1) is 0 Å². The molecule has 6 heteroatoms. The molecule has 0 saturated carbocycles. The first-order chi connectivity index (χ1) is 11.4.